The van der Waals surface area contributed by atoms with Gasteiger partial charge in [0.1, 0.15) is 12.4 Å². The van der Waals surface area contributed by atoms with Crippen molar-refractivity contribution in [3.8, 4) is 0 Å². The second kappa shape index (κ2) is 7.85. The molecule has 0 aliphatic carbocycles. The lowest BCUT2D eigenvalue weighted by Gasteiger charge is -2.26. The molecule has 2 aliphatic heterocycles. The molecule has 2 fully saturated rings. The number of aliphatic hydroxyl groups is 1. The Kier molecular flexibility index (Phi) is 5.71. The maximum Gasteiger partial charge on any atom is 0.248 e. The van der Waals surface area contributed by atoms with Crippen molar-refractivity contribution in [3.05, 3.63) is 35.1 Å². The maximum atomic E-state index is 13.7. The number of aliphatic hydroxyl groups excluding tert-OH is 1. The van der Waals surface area contributed by atoms with Crippen LogP contribution in [0.5, 0.6) is 0 Å². The van der Waals surface area contributed by atoms with E-state index < -0.39 is 30.1 Å². The molecule has 0 unspecified atom stereocenters. The van der Waals surface area contributed by atoms with Gasteiger partial charge < -0.3 is 14.9 Å². The molecule has 2 heterocycles. The van der Waals surface area contributed by atoms with E-state index in [1.165, 1.54) is 4.90 Å². The van der Waals surface area contributed by atoms with Crippen molar-refractivity contribution in [2.24, 2.45) is 5.92 Å². The van der Waals surface area contributed by atoms with Gasteiger partial charge in [-0.3, -0.25) is 15.3 Å². The third-order valence-corrected chi connectivity index (χ3v) is 5.33. The second-order valence-electron chi connectivity index (χ2n) is 7.12. The summed E-state index contributed by atoms with van der Waals surface area (Å²) in [6, 6.07) is 0.0284. The lowest BCUT2D eigenvalue weighted by atomic mass is 10.0. The zero-order valence-corrected chi connectivity index (χ0v) is 14.6. The van der Waals surface area contributed by atoms with Gasteiger partial charge in [0.15, 0.2) is 11.6 Å². The fourth-order valence-electron chi connectivity index (χ4n) is 3.96. The predicted molar refractivity (Wildman–Crippen MR) is 88.8 cm³/mol. The molecule has 0 aromatic heterocycles. The average molecular weight is 384 g/mol. The molecule has 3 atom stereocenters. The van der Waals surface area contributed by atoms with Crippen molar-refractivity contribution in [2.45, 2.75) is 31.3 Å². The van der Waals surface area contributed by atoms with Gasteiger partial charge >= 0.3 is 0 Å². The first-order chi connectivity index (χ1) is 12.8. The normalized spacial score (nSPS) is 22.9. The van der Waals surface area contributed by atoms with Crippen LogP contribution in [0.25, 0.3) is 0 Å². The molecule has 2 amide bonds. The minimum atomic E-state index is -1.29. The highest BCUT2D eigenvalue weighted by Crippen LogP contribution is 2.32. The Hall–Kier alpha value is -2.13. The van der Waals surface area contributed by atoms with Gasteiger partial charge in [-0.05, 0) is 24.5 Å². The van der Waals surface area contributed by atoms with Crippen LogP contribution in [-0.2, 0) is 16.0 Å². The summed E-state index contributed by atoms with van der Waals surface area (Å²) in [6.07, 6.45) is 0.369. The molecule has 1 radical (unpaired) electrons. The topological polar surface area (TPSA) is 84.7 Å². The molecule has 2 N–H and O–H groups in total. The number of nitrogens with zero attached hydrogens (tertiary/aromatic N) is 2. The molecule has 9 heteroatoms. The predicted octanol–water partition coefficient (Wildman–Crippen LogP) is 0.740. The summed E-state index contributed by atoms with van der Waals surface area (Å²) in [5.74, 6) is -3.91. The van der Waals surface area contributed by atoms with Crippen molar-refractivity contribution in [1.29, 1.82) is 0 Å². The van der Waals surface area contributed by atoms with Crippen LogP contribution in [0.15, 0.2) is 12.1 Å². The smallest absolute Gasteiger partial charge is 0.248 e. The molecule has 2 saturated heterocycles. The Morgan fingerprint density at radius 2 is 1.85 bits per heavy atom. The number of carbonyl (C=O) groups excluding carboxylic acids is 2. The Morgan fingerprint density at radius 1 is 1.15 bits per heavy atom. The molecule has 0 spiro atoms. The van der Waals surface area contributed by atoms with Crippen molar-refractivity contribution in [3.63, 3.8) is 0 Å². The standard InChI is InChI=1S/C18H21F3N3O3/c19-13-6-15(21)14(20)4-11(13)3-12(22)5-17(26)24-2-1-10-7-23(8-16(10)24)18(27)9-25/h4,6,10,12,16,22,25H,1-3,5,7-9H2/t10-,12+,16+/m0/s1. The molecular formula is C18H21F3N3O3. The van der Waals surface area contributed by atoms with Crippen LogP contribution in [0.2, 0.25) is 0 Å². The van der Waals surface area contributed by atoms with Crippen molar-refractivity contribution >= 4 is 11.8 Å². The Balaban J connectivity index is 1.59. The number of hydrogen-bond donors (Lipinski definition) is 1. The summed E-state index contributed by atoms with van der Waals surface area (Å²) >= 11 is 0. The number of nitrogens with one attached hydrogen (secondary N) is 1. The number of fused-ring (bicyclic) bond motifs is 1. The summed E-state index contributed by atoms with van der Waals surface area (Å²) in [5, 5.41) is 8.97. The number of rotatable bonds is 5. The first-order valence-corrected chi connectivity index (χ1v) is 8.82. The van der Waals surface area contributed by atoms with E-state index in [2.05, 4.69) is 0 Å². The summed E-state index contributed by atoms with van der Waals surface area (Å²) < 4.78 is 40.0. The third-order valence-electron chi connectivity index (χ3n) is 5.33. The van der Waals surface area contributed by atoms with E-state index in [0.717, 1.165) is 12.5 Å². The highest BCUT2D eigenvalue weighted by Gasteiger charge is 2.44. The molecule has 27 heavy (non-hydrogen) atoms. The number of carbonyl (C=O) groups is 2. The average Bonchev–Trinajstić information content (AvgIpc) is 3.19. The number of halogens is 3. The third kappa shape index (κ3) is 4.08. The SMILES string of the molecule is [NH][C@@H](CC(=O)N1CC[C@H]2CN(C(=O)CO)C[C@H]21)Cc1cc(F)c(F)cc1F. The molecule has 6 nitrogen and oxygen atoms in total. The van der Waals surface area contributed by atoms with Gasteiger partial charge in [-0.2, -0.15) is 0 Å². The van der Waals surface area contributed by atoms with E-state index in [-0.39, 0.29) is 42.2 Å². The molecule has 3 rings (SSSR count). The molecule has 0 saturated carbocycles. The molecule has 1 aromatic carbocycles. The number of hydrogen-bond acceptors (Lipinski definition) is 3. The van der Waals surface area contributed by atoms with Crippen LogP contribution >= 0.6 is 0 Å². The Bertz CT molecular complexity index is 746. The first kappa shape index (κ1) is 19.6. The second-order valence-corrected chi connectivity index (χ2v) is 7.12. The van der Waals surface area contributed by atoms with E-state index >= 15 is 0 Å². The first-order valence-electron chi connectivity index (χ1n) is 8.82. The van der Waals surface area contributed by atoms with Crippen molar-refractivity contribution in [2.75, 3.05) is 26.2 Å². The van der Waals surface area contributed by atoms with E-state index in [0.29, 0.717) is 25.7 Å². The van der Waals surface area contributed by atoms with Gasteiger partial charge in [-0.15, -0.1) is 0 Å². The zero-order valence-electron chi connectivity index (χ0n) is 14.6. The van der Waals surface area contributed by atoms with Gasteiger partial charge in [-0.25, -0.2) is 13.2 Å². The monoisotopic (exact) mass is 384 g/mol. The van der Waals surface area contributed by atoms with Crippen LogP contribution < -0.4 is 5.73 Å². The molecule has 0 bridgehead atoms. The van der Waals surface area contributed by atoms with Gasteiger partial charge in [0.25, 0.3) is 0 Å². The van der Waals surface area contributed by atoms with Gasteiger partial charge in [0.2, 0.25) is 11.8 Å². The molecule has 2 aliphatic rings. The van der Waals surface area contributed by atoms with Crippen molar-refractivity contribution < 1.29 is 27.9 Å². The highest BCUT2D eigenvalue weighted by molar-refractivity contribution is 5.79. The Morgan fingerprint density at radius 3 is 2.56 bits per heavy atom. The summed E-state index contributed by atoms with van der Waals surface area (Å²) in [6.45, 7) is 0.817. The van der Waals surface area contributed by atoms with E-state index in [1.54, 1.807) is 4.90 Å². The summed E-state index contributed by atoms with van der Waals surface area (Å²) in [4.78, 5) is 27.4. The van der Waals surface area contributed by atoms with Crippen LogP contribution in [0.4, 0.5) is 13.2 Å². The molecule has 1 aromatic rings. The quantitative estimate of drug-likeness (QED) is 0.760. The number of likely N-dealkylation sites (tertiary alicyclic amines) is 2. The van der Waals surface area contributed by atoms with E-state index in [9.17, 15) is 22.8 Å². The lowest BCUT2D eigenvalue weighted by Crippen LogP contribution is -2.42. The van der Waals surface area contributed by atoms with Crippen LogP contribution in [0.3, 0.4) is 0 Å². The molecular weight excluding hydrogens is 363 g/mol. The van der Waals surface area contributed by atoms with Crippen LogP contribution in [0.1, 0.15) is 18.4 Å². The lowest BCUT2D eigenvalue weighted by molar-refractivity contribution is -0.136. The summed E-state index contributed by atoms with van der Waals surface area (Å²) in [7, 11) is 0. The minimum absolute atomic E-state index is 0.137. The minimum Gasteiger partial charge on any atom is -0.387 e. The van der Waals surface area contributed by atoms with Gasteiger partial charge in [0.05, 0.1) is 6.04 Å². The van der Waals surface area contributed by atoms with Gasteiger partial charge in [-0.1, -0.05) is 0 Å². The molecule has 147 valence electrons. The largest absolute Gasteiger partial charge is 0.387 e. The fraction of sp³-hybridized carbons (Fsp3) is 0.556. The Labute approximate surface area is 154 Å². The van der Waals surface area contributed by atoms with Crippen LogP contribution in [0, 0.1) is 23.4 Å². The van der Waals surface area contributed by atoms with E-state index in [4.69, 9.17) is 10.8 Å². The number of benzene rings is 1. The number of amides is 2. The van der Waals surface area contributed by atoms with Gasteiger partial charge in [0, 0.05) is 44.1 Å². The maximum absolute atomic E-state index is 13.7. The fourth-order valence-corrected chi connectivity index (χ4v) is 3.96. The summed E-state index contributed by atoms with van der Waals surface area (Å²) in [5.41, 5.74) is 7.89. The van der Waals surface area contributed by atoms with E-state index in [1.807, 2.05) is 0 Å². The highest BCUT2D eigenvalue weighted by atomic mass is 19.2. The zero-order chi connectivity index (χ0) is 19.7. The van der Waals surface area contributed by atoms with Crippen molar-refractivity contribution in [1.82, 2.24) is 15.5 Å². The van der Waals surface area contributed by atoms with Crippen LogP contribution in [-0.4, -0.2) is 65.0 Å².